The van der Waals surface area contributed by atoms with Gasteiger partial charge in [-0.05, 0) is 13.8 Å². The van der Waals surface area contributed by atoms with Gasteiger partial charge in [0.25, 0.3) is 0 Å². The smallest absolute Gasteiger partial charge is 0.320 e. The molecule has 0 aromatic carbocycles. The summed E-state index contributed by atoms with van der Waals surface area (Å²) in [7, 11) is 0. The van der Waals surface area contributed by atoms with Crippen molar-refractivity contribution in [2.24, 2.45) is 0 Å². The first-order valence-electron chi connectivity index (χ1n) is 4.88. The van der Waals surface area contributed by atoms with Crippen molar-refractivity contribution in [2.75, 3.05) is 5.32 Å². The van der Waals surface area contributed by atoms with E-state index in [-0.39, 0.29) is 12.1 Å². The van der Waals surface area contributed by atoms with Gasteiger partial charge in [0.1, 0.15) is 11.8 Å². The molecule has 0 saturated heterocycles. The number of H-pyrrole nitrogens is 1. The Hall–Kier alpha value is -2.18. The number of rotatable bonds is 2. The standard InChI is InChI=1S/C9H12N6O/c1-5(2)14-9(16)15-8-6-7(11-3-10-6)12-4-13-8/h3-5H,1-2H3,(H3,10,11,12,13,14,15,16). The molecule has 84 valence electrons. The fraction of sp³-hybridized carbons (Fsp3) is 0.333. The Morgan fingerprint density at radius 3 is 2.94 bits per heavy atom. The quantitative estimate of drug-likeness (QED) is 0.700. The van der Waals surface area contributed by atoms with E-state index in [2.05, 4.69) is 30.6 Å². The van der Waals surface area contributed by atoms with Crippen molar-refractivity contribution in [3.05, 3.63) is 12.7 Å². The summed E-state index contributed by atoms with van der Waals surface area (Å²) in [5, 5.41) is 5.33. The number of urea groups is 1. The molecule has 2 amide bonds. The van der Waals surface area contributed by atoms with Crippen molar-refractivity contribution in [3.63, 3.8) is 0 Å². The van der Waals surface area contributed by atoms with Gasteiger partial charge in [-0.2, -0.15) is 0 Å². The highest BCUT2D eigenvalue weighted by Crippen LogP contribution is 2.13. The molecule has 0 fully saturated rings. The molecule has 0 atom stereocenters. The maximum Gasteiger partial charge on any atom is 0.320 e. The predicted octanol–water partition coefficient (Wildman–Crippen LogP) is 0.883. The molecule has 0 unspecified atom stereocenters. The molecule has 0 bridgehead atoms. The number of anilines is 1. The van der Waals surface area contributed by atoms with E-state index in [9.17, 15) is 4.79 Å². The number of carbonyl (C=O) groups is 1. The van der Waals surface area contributed by atoms with Crippen LogP contribution in [0.25, 0.3) is 11.2 Å². The van der Waals surface area contributed by atoms with E-state index in [1.54, 1.807) is 0 Å². The van der Waals surface area contributed by atoms with E-state index < -0.39 is 0 Å². The molecule has 2 aromatic heterocycles. The number of hydrogen-bond donors (Lipinski definition) is 3. The Morgan fingerprint density at radius 2 is 2.19 bits per heavy atom. The van der Waals surface area contributed by atoms with Crippen LogP contribution >= 0.6 is 0 Å². The molecule has 0 aliphatic heterocycles. The van der Waals surface area contributed by atoms with E-state index in [1.807, 2.05) is 13.8 Å². The Bertz CT molecular complexity index is 505. The molecule has 7 nitrogen and oxygen atoms in total. The average Bonchev–Trinajstić information content (AvgIpc) is 2.65. The van der Waals surface area contributed by atoms with Gasteiger partial charge in [0.05, 0.1) is 6.33 Å². The predicted molar refractivity (Wildman–Crippen MR) is 59.0 cm³/mol. The molecule has 0 aliphatic carbocycles. The van der Waals surface area contributed by atoms with Crippen LogP contribution < -0.4 is 10.6 Å². The number of aromatic amines is 1. The Labute approximate surface area is 91.7 Å². The normalized spacial score (nSPS) is 10.7. The van der Waals surface area contributed by atoms with Crippen molar-refractivity contribution < 1.29 is 4.79 Å². The summed E-state index contributed by atoms with van der Waals surface area (Å²) in [5.41, 5.74) is 1.14. The highest BCUT2D eigenvalue weighted by atomic mass is 16.2. The van der Waals surface area contributed by atoms with Gasteiger partial charge < -0.3 is 10.3 Å². The van der Waals surface area contributed by atoms with E-state index in [4.69, 9.17) is 0 Å². The number of nitrogens with one attached hydrogen (secondary N) is 3. The third kappa shape index (κ3) is 2.08. The van der Waals surface area contributed by atoms with Crippen LogP contribution in [0.1, 0.15) is 13.8 Å². The van der Waals surface area contributed by atoms with Gasteiger partial charge in [-0.15, -0.1) is 0 Å². The molecule has 7 heteroatoms. The van der Waals surface area contributed by atoms with Crippen LogP contribution in [0.15, 0.2) is 12.7 Å². The van der Waals surface area contributed by atoms with Gasteiger partial charge in [-0.25, -0.2) is 19.7 Å². The summed E-state index contributed by atoms with van der Waals surface area (Å²) in [6.07, 6.45) is 2.86. The van der Waals surface area contributed by atoms with Gasteiger partial charge in [-0.1, -0.05) is 0 Å². The van der Waals surface area contributed by atoms with E-state index in [0.29, 0.717) is 17.0 Å². The summed E-state index contributed by atoms with van der Waals surface area (Å²) in [6, 6.07) is -0.233. The van der Waals surface area contributed by atoms with Crippen LogP contribution in [-0.2, 0) is 0 Å². The molecule has 0 saturated carbocycles. The summed E-state index contributed by atoms with van der Waals surface area (Å²) in [5.74, 6) is 0.417. The third-order valence-corrected chi connectivity index (χ3v) is 1.87. The van der Waals surface area contributed by atoms with E-state index in [1.165, 1.54) is 12.7 Å². The molecule has 0 aliphatic rings. The molecule has 0 radical (unpaired) electrons. The van der Waals surface area contributed by atoms with Crippen LogP contribution in [0.3, 0.4) is 0 Å². The fourth-order valence-corrected chi connectivity index (χ4v) is 1.27. The van der Waals surface area contributed by atoms with Gasteiger partial charge in [-0.3, -0.25) is 5.32 Å². The maximum atomic E-state index is 11.5. The van der Waals surface area contributed by atoms with E-state index >= 15 is 0 Å². The monoisotopic (exact) mass is 220 g/mol. The molecule has 2 heterocycles. The topological polar surface area (TPSA) is 95.6 Å². The molecule has 0 spiro atoms. The minimum atomic E-state index is -0.301. The second-order valence-electron chi connectivity index (χ2n) is 3.58. The van der Waals surface area contributed by atoms with Crippen LogP contribution in [0.5, 0.6) is 0 Å². The summed E-state index contributed by atoms with van der Waals surface area (Å²) >= 11 is 0. The molecular formula is C9H12N6O. The maximum absolute atomic E-state index is 11.5. The lowest BCUT2D eigenvalue weighted by Gasteiger charge is -2.09. The van der Waals surface area contributed by atoms with Crippen LogP contribution in [0, 0.1) is 0 Å². The number of imidazole rings is 1. The Morgan fingerprint density at radius 1 is 1.38 bits per heavy atom. The number of aromatic nitrogens is 4. The highest BCUT2D eigenvalue weighted by molar-refractivity contribution is 5.95. The first-order chi connectivity index (χ1) is 7.66. The van der Waals surface area contributed by atoms with E-state index in [0.717, 1.165) is 0 Å². The van der Waals surface area contributed by atoms with Crippen LogP contribution in [0.2, 0.25) is 0 Å². The van der Waals surface area contributed by atoms with Crippen LogP contribution in [0.4, 0.5) is 10.6 Å². The number of carbonyl (C=O) groups excluding carboxylic acids is 1. The van der Waals surface area contributed by atoms with Crippen molar-refractivity contribution in [2.45, 2.75) is 19.9 Å². The molecule has 3 N–H and O–H groups in total. The van der Waals surface area contributed by atoms with Gasteiger partial charge in [0.15, 0.2) is 11.5 Å². The second-order valence-corrected chi connectivity index (χ2v) is 3.58. The van der Waals surface area contributed by atoms with Gasteiger partial charge in [0, 0.05) is 6.04 Å². The zero-order chi connectivity index (χ0) is 11.5. The van der Waals surface area contributed by atoms with Crippen molar-refractivity contribution >= 4 is 23.0 Å². The lowest BCUT2D eigenvalue weighted by molar-refractivity contribution is 0.250. The molecule has 2 aromatic rings. The van der Waals surface area contributed by atoms with Gasteiger partial charge in [0.2, 0.25) is 0 Å². The lowest BCUT2D eigenvalue weighted by Crippen LogP contribution is -2.34. The Kier molecular flexibility index (Phi) is 2.67. The van der Waals surface area contributed by atoms with Crippen molar-refractivity contribution in [3.8, 4) is 0 Å². The minimum absolute atomic E-state index is 0.0686. The summed E-state index contributed by atoms with van der Waals surface area (Å²) < 4.78 is 0. The molecule has 2 rings (SSSR count). The largest absolute Gasteiger partial charge is 0.340 e. The first kappa shape index (κ1) is 10.3. The van der Waals surface area contributed by atoms with Crippen LogP contribution in [-0.4, -0.2) is 32.0 Å². The first-order valence-corrected chi connectivity index (χ1v) is 4.88. The minimum Gasteiger partial charge on any atom is -0.340 e. The number of fused-ring (bicyclic) bond motifs is 1. The number of hydrogen-bond acceptors (Lipinski definition) is 4. The molecular weight excluding hydrogens is 208 g/mol. The summed E-state index contributed by atoms with van der Waals surface area (Å²) in [4.78, 5) is 26.2. The summed E-state index contributed by atoms with van der Waals surface area (Å²) in [6.45, 7) is 3.76. The SMILES string of the molecule is CC(C)NC(=O)Nc1ncnc2nc[nH]c12. The Balaban J connectivity index is 2.20. The zero-order valence-corrected chi connectivity index (χ0v) is 8.98. The zero-order valence-electron chi connectivity index (χ0n) is 8.98. The van der Waals surface area contributed by atoms with Crippen molar-refractivity contribution in [1.29, 1.82) is 0 Å². The third-order valence-electron chi connectivity index (χ3n) is 1.87. The lowest BCUT2D eigenvalue weighted by atomic mass is 10.4. The number of amides is 2. The number of nitrogens with zero attached hydrogens (tertiary/aromatic N) is 3. The highest BCUT2D eigenvalue weighted by Gasteiger charge is 2.09. The second kappa shape index (κ2) is 4.13. The average molecular weight is 220 g/mol. The molecule has 16 heavy (non-hydrogen) atoms. The van der Waals surface area contributed by atoms with Crippen molar-refractivity contribution in [1.82, 2.24) is 25.3 Å². The van der Waals surface area contributed by atoms with Gasteiger partial charge >= 0.3 is 6.03 Å². The fourth-order valence-electron chi connectivity index (χ4n) is 1.27.